The second-order valence-electron chi connectivity index (χ2n) is 3.71. The van der Waals surface area contributed by atoms with Crippen molar-refractivity contribution < 1.29 is 14.7 Å². The molecule has 6 nitrogen and oxygen atoms in total. The first-order valence-electron chi connectivity index (χ1n) is 5.13. The molecule has 0 saturated carbocycles. The van der Waals surface area contributed by atoms with Crippen LogP contribution in [-0.2, 0) is 11.8 Å². The van der Waals surface area contributed by atoms with Crippen molar-refractivity contribution >= 4 is 11.8 Å². The molecule has 18 heavy (non-hydrogen) atoms. The Kier molecular flexibility index (Phi) is 2.85. The summed E-state index contributed by atoms with van der Waals surface area (Å²) in [5.41, 5.74) is -0.102. The van der Waals surface area contributed by atoms with Gasteiger partial charge in [0, 0.05) is 19.4 Å². The zero-order valence-corrected chi connectivity index (χ0v) is 9.53. The number of aryl methyl sites for hydroxylation is 1. The number of nitrogens with zero attached hydrogens (tertiary/aromatic N) is 2. The number of aromatic nitrogens is 2. The lowest BCUT2D eigenvalue weighted by Crippen LogP contribution is -2.23. The number of benzene rings is 1. The van der Waals surface area contributed by atoms with Crippen molar-refractivity contribution in [3.8, 4) is 5.69 Å². The van der Waals surface area contributed by atoms with Gasteiger partial charge in [0.05, 0.1) is 11.3 Å². The van der Waals surface area contributed by atoms with Crippen molar-refractivity contribution in [1.82, 2.24) is 9.13 Å². The summed E-state index contributed by atoms with van der Waals surface area (Å²) >= 11 is 0. The quantitative estimate of drug-likeness (QED) is 0.629. The van der Waals surface area contributed by atoms with E-state index in [2.05, 4.69) is 0 Å². The number of carbonyl (C=O) groups excluding carboxylic acids is 1. The molecule has 0 aliphatic rings. The van der Waals surface area contributed by atoms with Gasteiger partial charge in [-0.05, 0) is 12.1 Å². The fraction of sp³-hybridized carbons (Fsp3) is 0.0833. The molecule has 0 unspecified atom stereocenters. The first-order chi connectivity index (χ1) is 8.52. The van der Waals surface area contributed by atoms with Crippen LogP contribution in [0.5, 0.6) is 0 Å². The summed E-state index contributed by atoms with van der Waals surface area (Å²) in [4.78, 5) is 34.0. The zero-order chi connectivity index (χ0) is 13.3. The molecule has 0 fully saturated rings. The zero-order valence-electron chi connectivity index (χ0n) is 9.53. The third-order valence-electron chi connectivity index (χ3n) is 2.55. The van der Waals surface area contributed by atoms with Crippen molar-refractivity contribution in [2.75, 3.05) is 0 Å². The molecule has 2 aromatic rings. The van der Waals surface area contributed by atoms with Gasteiger partial charge in [-0.3, -0.25) is 9.36 Å². The van der Waals surface area contributed by atoms with Crippen LogP contribution in [0, 0.1) is 0 Å². The normalized spacial score (nSPS) is 10.3. The maximum Gasteiger partial charge on any atom is 0.377 e. The molecule has 6 heteroatoms. The SMILES string of the molecule is Cn1ccn(-c2ccccc2C(=O)C(=O)O)c1=O. The van der Waals surface area contributed by atoms with Crippen LogP contribution in [0.2, 0.25) is 0 Å². The number of hydrogen-bond donors (Lipinski definition) is 1. The molecule has 1 N–H and O–H groups in total. The van der Waals surface area contributed by atoms with Gasteiger partial charge in [-0.1, -0.05) is 12.1 Å². The highest BCUT2D eigenvalue weighted by atomic mass is 16.4. The van der Waals surface area contributed by atoms with Gasteiger partial charge in [0.25, 0.3) is 5.78 Å². The number of rotatable bonds is 3. The third kappa shape index (κ3) is 1.84. The van der Waals surface area contributed by atoms with Crippen molar-refractivity contribution in [2.45, 2.75) is 0 Å². The molecule has 0 amide bonds. The minimum Gasteiger partial charge on any atom is -0.475 e. The third-order valence-corrected chi connectivity index (χ3v) is 2.55. The lowest BCUT2D eigenvalue weighted by molar-refractivity contribution is -0.131. The number of carbonyl (C=O) groups is 2. The summed E-state index contributed by atoms with van der Waals surface area (Å²) in [6.45, 7) is 0. The molecule has 0 aliphatic carbocycles. The Balaban J connectivity index is 2.66. The number of hydrogen-bond acceptors (Lipinski definition) is 3. The molecule has 0 bridgehead atoms. The Bertz CT molecular complexity index is 681. The molecule has 1 aromatic carbocycles. The molecule has 0 aliphatic heterocycles. The summed E-state index contributed by atoms with van der Waals surface area (Å²) in [7, 11) is 1.57. The summed E-state index contributed by atoms with van der Waals surface area (Å²) < 4.78 is 2.57. The lowest BCUT2D eigenvalue weighted by atomic mass is 10.1. The van der Waals surface area contributed by atoms with Gasteiger partial charge < -0.3 is 9.67 Å². The van der Waals surface area contributed by atoms with Crippen LogP contribution in [0.4, 0.5) is 0 Å². The highest BCUT2D eigenvalue weighted by molar-refractivity contribution is 6.40. The second kappa shape index (κ2) is 4.33. The minimum atomic E-state index is -1.55. The number of aliphatic carboxylic acids is 1. The van der Waals surface area contributed by atoms with Gasteiger partial charge in [-0.2, -0.15) is 0 Å². The molecule has 1 aromatic heterocycles. The van der Waals surface area contributed by atoms with Crippen LogP contribution in [0.25, 0.3) is 5.69 Å². The number of carboxylic acid groups (broad SMARTS) is 1. The van der Waals surface area contributed by atoms with E-state index in [0.29, 0.717) is 0 Å². The van der Waals surface area contributed by atoms with E-state index in [4.69, 9.17) is 5.11 Å². The van der Waals surface area contributed by atoms with E-state index in [1.807, 2.05) is 0 Å². The van der Waals surface area contributed by atoms with E-state index in [1.54, 1.807) is 19.2 Å². The van der Waals surface area contributed by atoms with E-state index >= 15 is 0 Å². The number of para-hydroxylation sites is 1. The fourth-order valence-electron chi connectivity index (χ4n) is 1.64. The van der Waals surface area contributed by atoms with Gasteiger partial charge in [0.1, 0.15) is 0 Å². The van der Waals surface area contributed by atoms with Gasteiger partial charge in [-0.15, -0.1) is 0 Å². The smallest absolute Gasteiger partial charge is 0.377 e. The maximum absolute atomic E-state index is 11.8. The Labute approximate surface area is 102 Å². The molecule has 1 heterocycles. The average Bonchev–Trinajstić information content (AvgIpc) is 2.69. The van der Waals surface area contributed by atoms with Crippen LogP contribution in [-0.4, -0.2) is 26.0 Å². The number of imidazole rings is 1. The van der Waals surface area contributed by atoms with Crippen LogP contribution in [0.1, 0.15) is 10.4 Å². The number of carboxylic acids is 1. The molecule has 0 spiro atoms. The monoisotopic (exact) mass is 246 g/mol. The minimum absolute atomic E-state index is 0.0155. The number of ketones is 1. The van der Waals surface area contributed by atoms with Crippen molar-refractivity contribution in [3.05, 3.63) is 52.7 Å². The van der Waals surface area contributed by atoms with E-state index in [-0.39, 0.29) is 16.9 Å². The predicted molar refractivity (Wildman–Crippen MR) is 63.0 cm³/mol. The highest BCUT2D eigenvalue weighted by Gasteiger charge is 2.19. The lowest BCUT2D eigenvalue weighted by Gasteiger charge is -2.06. The standard InChI is InChI=1S/C12H10N2O4/c1-13-6-7-14(12(13)18)9-5-3-2-4-8(9)10(15)11(16)17/h2-7H,1H3,(H,16,17). The van der Waals surface area contributed by atoms with Gasteiger partial charge in [-0.25, -0.2) is 9.59 Å². The topological polar surface area (TPSA) is 81.3 Å². The molecular weight excluding hydrogens is 236 g/mol. The average molecular weight is 246 g/mol. The summed E-state index contributed by atoms with van der Waals surface area (Å²) in [6, 6.07) is 6.09. The van der Waals surface area contributed by atoms with Gasteiger partial charge in [0.2, 0.25) is 0 Å². The largest absolute Gasteiger partial charge is 0.475 e. The predicted octanol–water partition coefficient (Wildman–Crippen LogP) is 0.443. The molecule has 0 saturated heterocycles. The Morgan fingerprint density at radius 2 is 1.83 bits per heavy atom. The molecule has 0 atom stereocenters. The Morgan fingerprint density at radius 3 is 2.39 bits per heavy atom. The van der Waals surface area contributed by atoms with E-state index in [0.717, 1.165) is 0 Å². The van der Waals surface area contributed by atoms with Gasteiger partial charge in [0.15, 0.2) is 0 Å². The Morgan fingerprint density at radius 1 is 1.17 bits per heavy atom. The van der Waals surface area contributed by atoms with Crippen LogP contribution in [0.3, 0.4) is 0 Å². The molecule has 0 radical (unpaired) electrons. The second-order valence-corrected chi connectivity index (χ2v) is 3.71. The van der Waals surface area contributed by atoms with Crippen LogP contribution < -0.4 is 5.69 Å². The first-order valence-corrected chi connectivity index (χ1v) is 5.13. The van der Waals surface area contributed by atoms with E-state index < -0.39 is 11.8 Å². The number of Topliss-reactive ketones (excluding diaryl/α,β-unsaturated/α-hetero) is 1. The van der Waals surface area contributed by atoms with Crippen LogP contribution in [0.15, 0.2) is 41.5 Å². The first kappa shape index (κ1) is 11.8. The van der Waals surface area contributed by atoms with Crippen molar-refractivity contribution in [3.63, 3.8) is 0 Å². The van der Waals surface area contributed by atoms with Gasteiger partial charge >= 0.3 is 11.7 Å². The van der Waals surface area contributed by atoms with E-state index in [1.165, 1.54) is 33.7 Å². The van der Waals surface area contributed by atoms with Crippen molar-refractivity contribution in [2.24, 2.45) is 7.05 Å². The summed E-state index contributed by atoms with van der Waals surface area (Å²) in [6.07, 6.45) is 3.01. The molecular formula is C12H10N2O4. The maximum atomic E-state index is 11.8. The van der Waals surface area contributed by atoms with E-state index in [9.17, 15) is 14.4 Å². The molecule has 2 rings (SSSR count). The van der Waals surface area contributed by atoms with Crippen molar-refractivity contribution in [1.29, 1.82) is 0 Å². The highest BCUT2D eigenvalue weighted by Crippen LogP contribution is 2.13. The van der Waals surface area contributed by atoms with Crippen LogP contribution >= 0.6 is 0 Å². The summed E-state index contributed by atoms with van der Waals surface area (Å²) in [5.74, 6) is -2.59. The molecule has 92 valence electrons. The fourth-order valence-corrected chi connectivity index (χ4v) is 1.64. The Hall–Kier alpha value is -2.63. The summed E-state index contributed by atoms with van der Waals surface area (Å²) in [5, 5.41) is 8.74.